The van der Waals surface area contributed by atoms with Crippen molar-refractivity contribution >= 4 is 0 Å². The highest BCUT2D eigenvalue weighted by molar-refractivity contribution is 4.96. The predicted octanol–water partition coefficient (Wildman–Crippen LogP) is 0.655. The van der Waals surface area contributed by atoms with Crippen LogP contribution in [0.4, 0.5) is 0 Å². The number of aromatic nitrogens is 2. The molecule has 0 aromatic carbocycles. The van der Waals surface area contributed by atoms with Crippen LogP contribution in [-0.4, -0.2) is 10.2 Å². The standard InChI is InChI=1S/C8H11N3O/c1-3-5-6(9)8-11-10-7(4-2)12-8/h1,6H,4-5,9H2,2H3/t6-/m0/s1. The summed E-state index contributed by atoms with van der Waals surface area (Å²) in [6, 6.07) is -0.331. The van der Waals surface area contributed by atoms with E-state index in [0.29, 0.717) is 18.2 Å². The van der Waals surface area contributed by atoms with Gasteiger partial charge in [-0.3, -0.25) is 0 Å². The lowest BCUT2D eigenvalue weighted by Gasteiger charge is -1.99. The van der Waals surface area contributed by atoms with E-state index in [1.807, 2.05) is 6.92 Å². The highest BCUT2D eigenvalue weighted by atomic mass is 16.4. The molecular formula is C8H11N3O. The highest BCUT2D eigenvalue weighted by Gasteiger charge is 2.11. The van der Waals surface area contributed by atoms with E-state index in [0.717, 1.165) is 6.42 Å². The van der Waals surface area contributed by atoms with Crippen molar-refractivity contribution in [2.75, 3.05) is 0 Å². The molecule has 4 nitrogen and oxygen atoms in total. The largest absolute Gasteiger partial charge is 0.424 e. The second-order valence-corrected chi connectivity index (χ2v) is 2.40. The Kier molecular flexibility index (Phi) is 2.83. The fourth-order valence-electron chi connectivity index (χ4n) is 0.774. The first-order valence-corrected chi connectivity index (χ1v) is 3.79. The summed E-state index contributed by atoms with van der Waals surface area (Å²) in [5.41, 5.74) is 5.63. The van der Waals surface area contributed by atoms with E-state index in [1.54, 1.807) is 0 Å². The third-order valence-electron chi connectivity index (χ3n) is 1.44. The number of nitrogens with two attached hydrogens (primary N) is 1. The van der Waals surface area contributed by atoms with Crippen LogP contribution in [0.1, 0.15) is 31.2 Å². The lowest BCUT2D eigenvalue weighted by Crippen LogP contribution is -2.09. The van der Waals surface area contributed by atoms with Crippen LogP contribution in [0.3, 0.4) is 0 Å². The Labute approximate surface area is 71.2 Å². The normalized spacial score (nSPS) is 12.4. The van der Waals surface area contributed by atoms with Gasteiger partial charge in [0.05, 0.1) is 6.04 Å². The molecule has 0 aliphatic heterocycles. The molecule has 2 N–H and O–H groups in total. The van der Waals surface area contributed by atoms with Gasteiger partial charge in [-0.1, -0.05) is 6.92 Å². The van der Waals surface area contributed by atoms with Crippen LogP contribution in [0.2, 0.25) is 0 Å². The second kappa shape index (κ2) is 3.88. The quantitative estimate of drug-likeness (QED) is 0.668. The molecular weight excluding hydrogens is 154 g/mol. The number of nitrogens with zero attached hydrogens (tertiary/aromatic N) is 2. The van der Waals surface area contributed by atoms with Gasteiger partial charge in [-0.2, -0.15) is 0 Å². The predicted molar refractivity (Wildman–Crippen MR) is 44.1 cm³/mol. The van der Waals surface area contributed by atoms with Crippen molar-refractivity contribution in [3.05, 3.63) is 11.8 Å². The van der Waals surface area contributed by atoms with Crippen LogP contribution in [0.5, 0.6) is 0 Å². The van der Waals surface area contributed by atoms with Gasteiger partial charge in [0.2, 0.25) is 11.8 Å². The van der Waals surface area contributed by atoms with Crippen molar-refractivity contribution in [2.45, 2.75) is 25.8 Å². The molecule has 1 atom stereocenters. The van der Waals surface area contributed by atoms with Gasteiger partial charge >= 0.3 is 0 Å². The highest BCUT2D eigenvalue weighted by Crippen LogP contribution is 2.11. The van der Waals surface area contributed by atoms with Gasteiger partial charge in [-0.25, -0.2) is 0 Å². The van der Waals surface area contributed by atoms with E-state index in [1.165, 1.54) is 0 Å². The van der Waals surface area contributed by atoms with Crippen molar-refractivity contribution in [1.82, 2.24) is 10.2 Å². The Bertz CT molecular complexity index is 287. The van der Waals surface area contributed by atoms with E-state index >= 15 is 0 Å². The van der Waals surface area contributed by atoms with Crippen LogP contribution >= 0.6 is 0 Å². The number of hydrogen-bond donors (Lipinski definition) is 1. The summed E-state index contributed by atoms with van der Waals surface area (Å²) in [6.07, 6.45) is 6.23. The van der Waals surface area contributed by atoms with Gasteiger partial charge in [0.1, 0.15) is 0 Å². The molecule has 4 heteroatoms. The molecule has 0 spiro atoms. The van der Waals surface area contributed by atoms with Gasteiger partial charge in [-0.15, -0.1) is 22.5 Å². The fraction of sp³-hybridized carbons (Fsp3) is 0.500. The monoisotopic (exact) mass is 165 g/mol. The number of aryl methyl sites for hydroxylation is 1. The van der Waals surface area contributed by atoms with E-state index in [4.69, 9.17) is 16.6 Å². The summed E-state index contributed by atoms with van der Waals surface area (Å²) < 4.78 is 5.20. The van der Waals surface area contributed by atoms with E-state index in [2.05, 4.69) is 16.1 Å². The summed E-state index contributed by atoms with van der Waals surface area (Å²) in [5, 5.41) is 7.54. The molecule has 0 bridgehead atoms. The smallest absolute Gasteiger partial charge is 0.234 e. The van der Waals surface area contributed by atoms with Crippen LogP contribution in [0, 0.1) is 12.3 Å². The molecule has 0 saturated carbocycles. The SMILES string of the molecule is C#CC[C@H](N)c1nnc(CC)o1. The first kappa shape index (κ1) is 8.75. The number of rotatable bonds is 3. The molecule has 1 aromatic rings. The minimum atomic E-state index is -0.331. The topological polar surface area (TPSA) is 64.9 Å². The zero-order valence-corrected chi connectivity index (χ0v) is 6.95. The first-order chi connectivity index (χ1) is 5.77. The minimum Gasteiger partial charge on any atom is -0.424 e. The molecule has 1 aromatic heterocycles. The molecule has 0 saturated heterocycles. The summed E-state index contributed by atoms with van der Waals surface area (Å²) >= 11 is 0. The zero-order valence-electron chi connectivity index (χ0n) is 6.95. The lowest BCUT2D eigenvalue weighted by atomic mass is 10.2. The fourth-order valence-corrected chi connectivity index (χ4v) is 0.774. The van der Waals surface area contributed by atoms with E-state index < -0.39 is 0 Å². The van der Waals surface area contributed by atoms with Crippen molar-refractivity contribution in [3.8, 4) is 12.3 Å². The third-order valence-corrected chi connectivity index (χ3v) is 1.44. The molecule has 0 unspecified atom stereocenters. The van der Waals surface area contributed by atoms with Gasteiger partial charge in [0.15, 0.2) is 0 Å². The maximum absolute atomic E-state index is 5.63. The molecule has 64 valence electrons. The van der Waals surface area contributed by atoms with E-state index in [9.17, 15) is 0 Å². The van der Waals surface area contributed by atoms with E-state index in [-0.39, 0.29) is 6.04 Å². The Morgan fingerprint density at radius 2 is 2.42 bits per heavy atom. The Hall–Kier alpha value is -1.34. The summed E-state index contributed by atoms with van der Waals surface area (Å²) in [6.45, 7) is 1.93. The van der Waals surface area contributed by atoms with Gasteiger partial charge in [-0.05, 0) is 0 Å². The number of hydrogen-bond acceptors (Lipinski definition) is 4. The average molecular weight is 165 g/mol. The summed E-state index contributed by atoms with van der Waals surface area (Å²) in [7, 11) is 0. The number of terminal acetylenes is 1. The van der Waals surface area contributed by atoms with Gasteiger partial charge in [0.25, 0.3) is 0 Å². The van der Waals surface area contributed by atoms with Crippen LogP contribution in [0.15, 0.2) is 4.42 Å². The molecule has 1 rings (SSSR count). The molecule has 0 aliphatic carbocycles. The zero-order chi connectivity index (χ0) is 8.97. The maximum atomic E-state index is 5.63. The summed E-state index contributed by atoms with van der Waals surface area (Å²) in [5.74, 6) is 3.46. The van der Waals surface area contributed by atoms with Gasteiger partial charge in [0, 0.05) is 12.8 Å². The van der Waals surface area contributed by atoms with Crippen molar-refractivity contribution in [3.63, 3.8) is 0 Å². The Morgan fingerprint density at radius 3 is 2.92 bits per heavy atom. The van der Waals surface area contributed by atoms with Crippen LogP contribution < -0.4 is 5.73 Å². The molecule has 12 heavy (non-hydrogen) atoms. The van der Waals surface area contributed by atoms with Crippen LogP contribution in [0.25, 0.3) is 0 Å². The molecule has 0 amide bonds. The molecule has 1 heterocycles. The third kappa shape index (κ3) is 1.83. The van der Waals surface area contributed by atoms with Crippen molar-refractivity contribution < 1.29 is 4.42 Å². The molecule has 0 aliphatic rings. The molecule has 0 radical (unpaired) electrons. The van der Waals surface area contributed by atoms with Gasteiger partial charge < -0.3 is 10.2 Å². The maximum Gasteiger partial charge on any atom is 0.234 e. The second-order valence-electron chi connectivity index (χ2n) is 2.40. The summed E-state index contributed by atoms with van der Waals surface area (Å²) in [4.78, 5) is 0. The van der Waals surface area contributed by atoms with Crippen LogP contribution in [-0.2, 0) is 6.42 Å². The Morgan fingerprint density at radius 1 is 1.67 bits per heavy atom. The average Bonchev–Trinajstić information content (AvgIpc) is 2.52. The Balaban J connectivity index is 2.69. The van der Waals surface area contributed by atoms with Crippen molar-refractivity contribution in [1.29, 1.82) is 0 Å². The first-order valence-electron chi connectivity index (χ1n) is 3.79. The lowest BCUT2D eigenvalue weighted by molar-refractivity contribution is 0.423. The van der Waals surface area contributed by atoms with Crippen molar-refractivity contribution in [2.24, 2.45) is 5.73 Å². The molecule has 0 fully saturated rings. The minimum absolute atomic E-state index is 0.331.